The van der Waals surface area contributed by atoms with Crippen molar-refractivity contribution >= 4 is 10.8 Å². The van der Waals surface area contributed by atoms with Gasteiger partial charge in [-0.2, -0.15) is 0 Å². The fourth-order valence-corrected chi connectivity index (χ4v) is 2.51. The number of pyridine rings is 2. The Hall–Kier alpha value is -3.28. The number of hydrogen-bond acceptors (Lipinski definition) is 5. The fraction of sp³-hybridized carbons (Fsp3) is 0.0588. The smallest absolute Gasteiger partial charge is 0.163 e. The molecule has 6 heteroatoms. The first-order valence-electron chi connectivity index (χ1n) is 7.11. The van der Waals surface area contributed by atoms with E-state index in [1.165, 1.54) is 0 Å². The van der Waals surface area contributed by atoms with Crippen LogP contribution in [0.3, 0.4) is 0 Å². The van der Waals surface area contributed by atoms with Gasteiger partial charge in [0.1, 0.15) is 11.4 Å². The lowest BCUT2D eigenvalue weighted by Gasteiger charge is -2.08. The zero-order chi connectivity index (χ0) is 15.6. The Kier molecular flexibility index (Phi) is 3.20. The predicted octanol–water partition coefficient (Wildman–Crippen LogP) is 2.89. The van der Waals surface area contributed by atoms with Crippen molar-refractivity contribution < 1.29 is 4.74 Å². The fourth-order valence-electron chi connectivity index (χ4n) is 2.51. The molecule has 0 N–H and O–H groups in total. The van der Waals surface area contributed by atoms with E-state index in [2.05, 4.69) is 20.3 Å². The second kappa shape index (κ2) is 5.49. The maximum Gasteiger partial charge on any atom is 0.163 e. The van der Waals surface area contributed by atoms with Crippen molar-refractivity contribution in [2.24, 2.45) is 0 Å². The van der Waals surface area contributed by atoms with E-state index in [4.69, 9.17) is 4.74 Å². The summed E-state index contributed by atoms with van der Waals surface area (Å²) in [6.45, 7) is 0. The topological polar surface area (TPSA) is 65.7 Å². The largest absolute Gasteiger partial charge is 0.494 e. The quantitative estimate of drug-likeness (QED) is 0.582. The highest BCUT2D eigenvalue weighted by molar-refractivity contribution is 5.93. The first-order valence-corrected chi connectivity index (χ1v) is 7.11. The van der Waals surface area contributed by atoms with Crippen molar-refractivity contribution in [3.63, 3.8) is 0 Å². The Morgan fingerprint density at radius 1 is 1.00 bits per heavy atom. The third kappa shape index (κ3) is 2.30. The van der Waals surface area contributed by atoms with Crippen LogP contribution in [0.25, 0.3) is 27.8 Å². The molecule has 0 fully saturated rings. The van der Waals surface area contributed by atoms with Gasteiger partial charge < -0.3 is 4.74 Å². The lowest BCUT2D eigenvalue weighted by Crippen LogP contribution is -2.00. The second-order valence-corrected chi connectivity index (χ2v) is 4.99. The van der Waals surface area contributed by atoms with Gasteiger partial charge in [0.15, 0.2) is 5.82 Å². The number of ether oxygens (including phenoxy) is 1. The molecular formula is C17H13N5O. The van der Waals surface area contributed by atoms with Crippen molar-refractivity contribution in [2.75, 3.05) is 7.11 Å². The number of rotatable bonds is 3. The summed E-state index contributed by atoms with van der Waals surface area (Å²) >= 11 is 0. The Morgan fingerprint density at radius 3 is 2.65 bits per heavy atom. The molecule has 0 saturated heterocycles. The van der Waals surface area contributed by atoms with Gasteiger partial charge in [-0.25, -0.2) is 9.67 Å². The maximum absolute atomic E-state index is 5.38. The minimum absolute atomic E-state index is 0.712. The van der Waals surface area contributed by atoms with Gasteiger partial charge in [0.25, 0.3) is 0 Å². The number of aromatic nitrogens is 5. The first-order chi connectivity index (χ1) is 11.4. The van der Waals surface area contributed by atoms with E-state index in [0.29, 0.717) is 5.82 Å². The summed E-state index contributed by atoms with van der Waals surface area (Å²) in [6.07, 6.45) is 7.03. The average molecular weight is 303 g/mol. The third-order valence-electron chi connectivity index (χ3n) is 3.63. The number of nitrogens with zero attached hydrogens (tertiary/aromatic N) is 5. The highest BCUT2D eigenvalue weighted by atomic mass is 16.5. The number of fused-ring (bicyclic) bond motifs is 1. The molecule has 0 aliphatic carbocycles. The standard InChI is InChI=1S/C17H13N5O/c1-23-16-10-19-17(14-7-3-2-6-13(14)16)22-11-15(20-21-22)12-5-4-8-18-9-12/h2-11H,1H3. The lowest BCUT2D eigenvalue weighted by molar-refractivity contribution is 0.418. The number of methoxy groups -OCH3 is 1. The van der Waals surface area contributed by atoms with Gasteiger partial charge in [-0.3, -0.25) is 4.98 Å². The van der Waals surface area contributed by atoms with Crippen molar-refractivity contribution in [1.82, 2.24) is 25.0 Å². The molecular weight excluding hydrogens is 290 g/mol. The van der Waals surface area contributed by atoms with Gasteiger partial charge in [-0.1, -0.05) is 29.5 Å². The van der Waals surface area contributed by atoms with Crippen LogP contribution >= 0.6 is 0 Å². The first kappa shape index (κ1) is 13.4. The molecule has 0 amide bonds. The predicted molar refractivity (Wildman–Crippen MR) is 86.4 cm³/mol. The minimum Gasteiger partial charge on any atom is -0.494 e. The van der Waals surface area contributed by atoms with Crippen molar-refractivity contribution in [1.29, 1.82) is 0 Å². The molecule has 4 rings (SSSR count). The van der Waals surface area contributed by atoms with Gasteiger partial charge in [-0.15, -0.1) is 5.10 Å². The van der Waals surface area contributed by atoms with E-state index in [-0.39, 0.29) is 0 Å². The van der Waals surface area contributed by atoms with E-state index in [9.17, 15) is 0 Å². The summed E-state index contributed by atoms with van der Waals surface area (Å²) in [6, 6.07) is 11.7. The lowest BCUT2D eigenvalue weighted by atomic mass is 10.1. The van der Waals surface area contributed by atoms with Crippen molar-refractivity contribution in [2.45, 2.75) is 0 Å². The molecule has 0 aliphatic heterocycles. The Balaban J connectivity index is 1.86. The van der Waals surface area contributed by atoms with Crippen LogP contribution in [0.1, 0.15) is 0 Å². The molecule has 0 unspecified atom stereocenters. The van der Waals surface area contributed by atoms with E-state index in [1.807, 2.05) is 42.6 Å². The van der Waals surface area contributed by atoms with E-state index >= 15 is 0 Å². The molecule has 0 radical (unpaired) electrons. The molecule has 6 nitrogen and oxygen atoms in total. The van der Waals surface area contributed by atoms with E-state index in [0.717, 1.165) is 27.8 Å². The van der Waals surface area contributed by atoms with E-state index < -0.39 is 0 Å². The average Bonchev–Trinajstić information content (AvgIpc) is 3.11. The van der Waals surface area contributed by atoms with Crippen LogP contribution in [0, 0.1) is 0 Å². The van der Waals surface area contributed by atoms with Crippen LogP contribution in [-0.4, -0.2) is 32.1 Å². The molecule has 23 heavy (non-hydrogen) atoms. The molecule has 3 heterocycles. The highest BCUT2D eigenvalue weighted by Crippen LogP contribution is 2.28. The molecule has 0 bridgehead atoms. The molecule has 112 valence electrons. The summed E-state index contributed by atoms with van der Waals surface area (Å²) in [5.41, 5.74) is 1.66. The van der Waals surface area contributed by atoms with Crippen LogP contribution in [0.2, 0.25) is 0 Å². The Labute approximate surface area is 132 Å². The molecule has 0 saturated carbocycles. The van der Waals surface area contributed by atoms with Gasteiger partial charge in [0, 0.05) is 28.7 Å². The molecule has 4 aromatic rings. The van der Waals surface area contributed by atoms with Gasteiger partial charge in [0.05, 0.1) is 19.5 Å². The summed E-state index contributed by atoms with van der Waals surface area (Å²) in [5.74, 6) is 1.45. The van der Waals surface area contributed by atoms with Crippen LogP contribution in [0.5, 0.6) is 5.75 Å². The Bertz CT molecular complexity index is 965. The van der Waals surface area contributed by atoms with Gasteiger partial charge in [-0.05, 0) is 12.1 Å². The zero-order valence-electron chi connectivity index (χ0n) is 12.4. The summed E-state index contributed by atoms with van der Waals surface area (Å²) < 4.78 is 7.05. The van der Waals surface area contributed by atoms with Crippen LogP contribution in [0.4, 0.5) is 0 Å². The van der Waals surface area contributed by atoms with Crippen molar-refractivity contribution in [3.05, 3.63) is 61.2 Å². The maximum atomic E-state index is 5.38. The summed E-state index contributed by atoms with van der Waals surface area (Å²) in [7, 11) is 1.64. The molecule has 0 atom stereocenters. The van der Waals surface area contributed by atoms with Gasteiger partial charge >= 0.3 is 0 Å². The normalized spacial score (nSPS) is 10.8. The number of benzene rings is 1. The molecule has 3 aromatic heterocycles. The SMILES string of the molecule is COc1cnc(-n2cc(-c3cccnc3)nn2)c2ccccc12. The summed E-state index contributed by atoms with van der Waals surface area (Å²) in [5, 5.41) is 10.4. The molecule has 0 spiro atoms. The monoisotopic (exact) mass is 303 g/mol. The zero-order valence-corrected chi connectivity index (χ0v) is 12.4. The molecule has 0 aliphatic rings. The van der Waals surface area contributed by atoms with Crippen LogP contribution in [0.15, 0.2) is 61.2 Å². The van der Waals surface area contributed by atoms with Gasteiger partial charge in [0.2, 0.25) is 0 Å². The minimum atomic E-state index is 0.712. The Morgan fingerprint density at radius 2 is 1.87 bits per heavy atom. The second-order valence-electron chi connectivity index (χ2n) is 4.99. The number of hydrogen-bond donors (Lipinski definition) is 0. The van der Waals surface area contributed by atoms with E-state index in [1.54, 1.807) is 30.4 Å². The highest BCUT2D eigenvalue weighted by Gasteiger charge is 2.12. The molecule has 1 aromatic carbocycles. The summed E-state index contributed by atoms with van der Waals surface area (Å²) in [4.78, 5) is 8.58. The van der Waals surface area contributed by atoms with Crippen LogP contribution < -0.4 is 4.74 Å². The third-order valence-corrected chi connectivity index (χ3v) is 3.63. The van der Waals surface area contributed by atoms with Crippen LogP contribution in [-0.2, 0) is 0 Å². The van der Waals surface area contributed by atoms with Crippen molar-refractivity contribution in [3.8, 4) is 22.8 Å².